The van der Waals surface area contributed by atoms with Gasteiger partial charge in [-0.25, -0.2) is 4.79 Å². The molecule has 2 aromatic carbocycles. The van der Waals surface area contributed by atoms with Crippen LogP contribution < -0.4 is 10.1 Å². The van der Waals surface area contributed by atoms with E-state index in [1.807, 2.05) is 0 Å². The summed E-state index contributed by atoms with van der Waals surface area (Å²) in [4.78, 5) is 28.4. The van der Waals surface area contributed by atoms with Crippen LogP contribution in [0, 0.1) is 0 Å². The number of anilines is 1. The lowest BCUT2D eigenvalue weighted by molar-refractivity contribution is 0.0671. The van der Waals surface area contributed by atoms with E-state index >= 15 is 0 Å². The molecule has 0 saturated carbocycles. The summed E-state index contributed by atoms with van der Waals surface area (Å²) in [7, 11) is 1.57. The molecule has 0 bridgehead atoms. The predicted molar refractivity (Wildman–Crippen MR) is 101 cm³/mol. The number of nitrogens with one attached hydrogen (secondary N) is 1. The van der Waals surface area contributed by atoms with E-state index in [0.29, 0.717) is 48.2 Å². The smallest absolute Gasteiger partial charge is 0.321 e. The van der Waals surface area contributed by atoms with Crippen LogP contribution in [0.25, 0.3) is 0 Å². The fraction of sp³-hybridized carbons (Fsp3) is 0.263. The Morgan fingerprint density at radius 3 is 2.38 bits per heavy atom. The van der Waals surface area contributed by atoms with Crippen molar-refractivity contribution in [2.75, 3.05) is 38.6 Å². The van der Waals surface area contributed by atoms with Gasteiger partial charge in [0.05, 0.1) is 7.11 Å². The van der Waals surface area contributed by atoms with Gasteiger partial charge in [0.2, 0.25) is 0 Å². The lowest BCUT2D eigenvalue weighted by Gasteiger charge is -2.34. The second-order valence-corrected chi connectivity index (χ2v) is 6.39. The minimum absolute atomic E-state index is 0.0567. The second kappa shape index (κ2) is 8.10. The van der Waals surface area contributed by atoms with Crippen LogP contribution in [0.4, 0.5) is 10.5 Å². The average molecular weight is 374 g/mol. The first-order valence-electron chi connectivity index (χ1n) is 8.31. The molecule has 1 fully saturated rings. The molecular formula is C19H20ClN3O3. The molecule has 0 atom stereocenters. The molecule has 7 heteroatoms. The van der Waals surface area contributed by atoms with Crippen LogP contribution in [0.2, 0.25) is 5.02 Å². The Labute approximate surface area is 157 Å². The summed E-state index contributed by atoms with van der Waals surface area (Å²) < 4.78 is 5.16. The summed E-state index contributed by atoms with van der Waals surface area (Å²) in [5, 5.41) is 3.39. The number of hydrogen-bond donors (Lipinski definition) is 1. The Morgan fingerprint density at radius 1 is 1.00 bits per heavy atom. The van der Waals surface area contributed by atoms with E-state index in [-0.39, 0.29) is 11.9 Å². The van der Waals surface area contributed by atoms with Crippen LogP contribution in [0.15, 0.2) is 48.5 Å². The number of carbonyl (C=O) groups excluding carboxylic acids is 2. The number of methoxy groups -OCH3 is 1. The molecule has 6 nitrogen and oxygen atoms in total. The highest BCUT2D eigenvalue weighted by molar-refractivity contribution is 6.30. The highest BCUT2D eigenvalue weighted by Gasteiger charge is 2.25. The van der Waals surface area contributed by atoms with E-state index < -0.39 is 0 Å². The predicted octanol–water partition coefficient (Wildman–Crippen LogP) is 3.34. The van der Waals surface area contributed by atoms with Crippen LogP contribution in [-0.2, 0) is 0 Å². The molecule has 0 aliphatic carbocycles. The first-order chi connectivity index (χ1) is 12.6. The molecule has 1 aliphatic rings. The molecule has 26 heavy (non-hydrogen) atoms. The Kier molecular flexibility index (Phi) is 5.63. The molecule has 136 valence electrons. The van der Waals surface area contributed by atoms with Crippen molar-refractivity contribution < 1.29 is 14.3 Å². The Balaban J connectivity index is 1.56. The van der Waals surface area contributed by atoms with Crippen molar-refractivity contribution in [1.82, 2.24) is 9.80 Å². The van der Waals surface area contributed by atoms with Gasteiger partial charge in [-0.1, -0.05) is 23.7 Å². The van der Waals surface area contributed by atoms with Gasteiger partial charge in [-0.2, -0.15) is 0 Å². The van der Waals surface area contributed by atoms with Gasteiger partial charge in [-0.3, -0.25) is 4.79 Å². The number of halogens is 1. The molecule has 0 radical (unpaired) electrons. The Hall–Kier alpha value is -2.73. The summed E-state index contributed by atoms with van der Waals surface area (Å²) in [6.07, 6.45) is 0. The number of carbonyl (C=O) groups is 2. The van der Waals surface area contributed by atoms with E-state index in [9.17, 15) is 9.59 Å². The average Bonchev–Trinajstić information content (AvgIpc) is 2.67. The zero-order valence-corrected chi connectivity index (χ0v) is 15.2. The van der Waals surface area contributed by atoms with Crippen molar-refractivity contribution in [3.63, 3.8) is 0 Å². The third-order valence-corrected chi connectivity index (χ3v) is 4.48. The topological polar surface area (TPSA) is 61.9 Å². The van der Waals surface area contributed by atoms with Crippen LogP contribution in [0.3, 0.4) is 0 Å². The third kappa shape index (κ3) is 4.26. The minimum atomic E-state index is -0.194. The number of amides is 3. The van der Waals surface area contributed by atoms with Crippen LogP contribution >= 0.6 is 11.6 Å². The molecule has 1 N–H and O–H groups in total. The van der Waals surface area contributed by atoms with E-state index in [4.69, 9.17) is 16.3 Å². The van der Waals surface area contributed by atoms with E-state index in [1.54, 1.807) is 65.4 Å². The van der Waals surface area contributed by atoms with Crippen molar-refractivity contribution in [1.29, 1.82) is 0 Å². The summed E-state index contributed by atoms with van der Waals surface area (Å²) in [5.41, 5.74) is 1.23. The van der Waals surface area contributed by atoms with Crippen molar-refractivity contribution in [3.05, 3.63) is 59.1 Å². The van der Waals surface area contributed by atoms with Gasteiger partial charge in [-0.05, 0) is 36.4 Å². The van der Waals surface area contributed by atoms with Gasteiger partial charge in [0.15, 0.2) is 0 Å². The normalized spacial score (nSPS) is 14.1. The number of hydrogen-bond acceptors (Lipinski definition) is 3. The molecular weight excluding hydrogens is 354 g/mol. The number of nitrogens with zero attached hydrogens (tertiary/aromatic N) is 2. The molecule has 1 saturated heterocycles. The highest BCUT2D eigenvalue weighted by atomic mass is 35.5. The summed E-state index contributed by atoms with van der Waals surface area (Å²) in [6.45, 7) is 1.92. The first kappa shape index (κ1) is 18.1. The molecule has 0 aromatic heterocycles. The van der Waals surface area contributed by atoms with Crippen molar-refractivity contribution in [2.45, 2.75) is 0 Å². The SMILES string of the molecule is COc1cccc(C(=O)N2CCN(C(=O)Nc3cccc(Cl)c3)CC2)c1. The standard InChI is InChI=1S/C19H20ClN3O3/c1-26-17-7-2-4-14(12-17)18(24)22-8-10-23(11-9-22)19(25)21-16-6-3-5-15(20)13-16/h2-7,12-13H,8-11H2,1H3,(H,21,25). The Bertz CT molecular complexity index is 804. The van der Waals surface area contributed by atoms with Crippen LogP contribution in [0.5, 0.6) is 5.75 Å². The van der Waals surface area contributed by atoms with Gasteiger partial charge in [-0.15, -0.1) is 0 Å². The quantitative estimate of drug-likeness (QED) is 0.897. The number of ether oxygens (including phenoxy) is 1. The maximum absolute atomic E-state index is 12.6. The lowest BCUT2D eigenvalue weighted by atomic mass is 10.1. The van der Waals surface area contributed by atoms with Crippen LogP contribution in [-0.4, -0.2) is 55.0 Å². The zero-order valence-electron chi connectivity index (χ0n) is 14.4. The maximum Gasteiger partial charge on any atom is 0.321 e. The monoisotopic (exact) mass is 373 g/mol. The number of rotatable bonds is 3. The van der Waals surface area contributed by atoms with Gasteiger partial charge >= 0.3 is 6.03 Å². The second-order valence-electron chi connectivity index (χ2n) is 5.95. The number of urea groups is 1. The van der Waals surface area contributed by atoms with Gasteiger partial charge in [0, 0.05) is 42.5 Å². The molecule has 3 amide bonds. The lowest BCUT2D eigenvalue weighted by Crippen LogP contribution is -2.51. The first-order valence-corrected chi connectivity index (χ1v) is 8.69. The molecule has 1 aliphatic heterocycles. The van der Waals surface area contributed by atoms with Crippen molar-refractivity contribution in [2.24, 2.45) is 0 Å². The maximum atomic E-state index is 12.6. The van der Waals surface area contributed by atoms with Crippen molar-refractivity contribution in [3.8, 4) is 5.75 Å². The van der Waals surface area contributed by atoms with Gasteiger partial charge in [0.1, 0.15) is 5.75 Å². The van der Waals surface area contributed by atoms with E-state index in [2.05, 4.69) is 5.32 Å². The number of benzene rings is 2. The van der Waals surface area contributed by atoms with Gasteiger partial charge < -0.3 is 19.9 Å². The fourth-order valence-corrected chi connectivity index (χ4v) is 3.01. The third-order valence-electron chi connectivity index (χ3n) is 4.25. The molecule has 0 unspecified atom stereocenters. The largest absolute Gasteiger partial charge is 0.497 e. The minimum Gasteiger partial charge on any atom is -0.497 e. The molecule has 0 spiro atoms. The van der Waals surface area contributed by atoms with Crippen molar-refractivity contribution >= 4 is 29.2 Å². The van der Waals surface area contributed by atoms with E-state index in [0.717, 1.165) is 0 Å². The zero-order chi connectivity index (χ0) is 18.5. The molecule has 3 rings (SSSR count). The number of piperazine rings is 1. The Morgan fingerprint density at radius 2 is 1.69 bits per heavy atom. The summed E-state index contributed by atoms with van der Waals surface area (Å²) >= 11 is 5.93. The molecule has 1 heterocycles. The summed E-state index contributed by atoms with van der Waals surface area (Å²) in [5.74, 6) is 0.592. The highest BCUT2D eigenvalue weighted by Crippen LogP contribution is 2.17. The van der Waals surface area contributed by atoms with E-state index in [1.165, 1.54) is 0 Å². The van der Waals surface area contributed by atoms with Gasteiger partial charge in [0.25, 0.3) is 5.91 Å². The fourth-order valence-electron chi connectivity index (χ4n) is 2.82. The summed E-state index contributed by atoms with van der Waals surface area (Å²) in [6, 6.07) is 13.9. The van der Waals surface area contributed by atoms with Crippen LogP contribution in [0.1, 0.15) is 10.4 Å². The molecule has 2 aromatic rings.